The van der Waals surface area contributed by atoms with Crippen LogP contribution in [0.1, 0.15) is 4.88 Å². The Morgan fingerprint density at radius 2 is 2.00 bits per heavy atom. The van der Waals surface area contributed by atoms with Crippen molar-refractivity contribution in [3.8, 4) is 10.4 Å². The highest BCUT2D eigenvalue weighted by Crippen LogP contribution is 2.31. The van der Waals surface area contributed by atoms with Gasteiger partial charge in [0.15, 0.2) is 5.82 Å². The van der Waals surface area contributed by atoms with Gasteiger partial charge in [0.05, 0.1) is 5.52 Å². The highest BCUT2D eigenvalue weighted by molar-refractivity contribution is 7.15. The molecule has 0 saturated heterocycles. The number of nitrogen functional groups attached to an aromatic ring is 2. The summed E-state index contributed by atoms with van der Waals surface area (Å²) in [6.07, 6.45) is 0. The fraction of sp³-hybridized carbons (Fsp3) is 0.0769. The van der Waals surface area contributed by atoms with Crippen LogP contribution in [0.5, 0.6) is 0 Å². The lowest BCUT2D eigenvalue weighted by Crippen LogP contribution is -2.11. The average Bonchev–Trinajstić information content (AvgIpc) is 2.84. The summed E-state index contributed by atoms with van der Waals surface area (Å²) in [7, 11) is 0. The number of hydrogen-bond acceptors (Lipinski definition) is 6. The van der Waals surface area contributed by atoms with Crippen LogP contribution in [0, 0.1) is 6.92 Å². The molecule has 0 bridgehead atoms. The molecule has 0 amide bonds. The summed E-state index contributed by atoms with van der Waals surface area (Å²) in [5.41, 5.74) is 10.1. The standard InChI is InChI=1S/C13H13N5S/c1-7-2-5-11(19-7)8-3-4-10-9(6-8)12(18-15)17-13(14)16-10/h2-6H,15H2,1H3,(H3,14,16,17,18). The van der Waals surface area contributed by atoms with E-state index in [2.05, 4.69) is 34.5 Å². The molecule has 0 aliphatic heterocycles. The van der Waals surface area contributed by atoms with Crippen LogP contribution in [0.4, 0.5) is 11.8 Å². The van der Waals surface area contributed by atoms with Crippen molar-refractivity contribution in [2.45, 2.75) is 6.92 Å². The Balaban J connectivity index is 2.22. The van der Waals surface area contributed by atoms with Crippen molar-refractivity contribution in [1.29, 1.82) is 0 Å². The fourth-order valence-electron chi connectivity index (χ4n) is 2.00. The number of hydrazine groups is 1. The zero-order valence-corrected chi connectivity index (χ0v) is 11.2. The topological polar surface area (TPSA) is 89.8 Å². The van der Waals surface area contributed by atoms with Crippen LogP contribution in [0.25, 0.3) is 21.3 Å². The van der Waals surface area contributed by atoms with Gasteiger partial charge in [-0.2, -0.15) is 4.98 Å². The quantitative estimate of drug-likeness (QED) is 0.492. The third kappa shape index (κ3) is 2.11. The van der Waals surface area contributed by atoms with E-state index >= 15 is 0 Å². The Labute approximate surface area is 114 Å². The van der Waals surface area contributed by atoms with Crippen molar-refractivity contribution in [2.24, 2.45) is 5.84 Å². The number of aromatic nitrogens is 2. The van der Waals surface area contributed by atoms with Crippen molar-refractivity contribution < 1.29 is 0 Å². The molecule has 19 heavy (non-hydrogen) atoms. The molecule has 0 atom stereocenters. The van der Waals surface area contributed by atoms with Crippen molar-refractivity contribution in [3.63, 3.8) is 0 Å². The number of rotatable bonds is 2. The molecule has 0 saturated carbocycles. The number of benzene rings is 1. The van der Waals surface area contributed by atoms with E-state index in [0.29, 0.717) is 5.82 Å². The normalized spacial score (nSPS) is 10.8. The number of nitrogens with two attached hydrogens (primary N) is 2. The molecule has 5 nitrogen and oxygen atoms in total. The summed E-state index contributed by atoms with van der Waals surface area (Å²) < 4.78 is 0. The molecule has 0 fully saturated rings. The van der Waals surface area contributed by atoms with Gasteiger partial charge < -0.3 is 11.2 Å². The van der Waals surface area contributed by atoms with Crippen LogP contribution < -0.4 is 17.0 Å². The molecule has 0 aliphatic carbocycles. The van der Waals surface area contributed by atoms with E-state index < -0.39 is 0 Å². The van der Waals surface area contributed by atoms with Gasteiger partial charge in [0.25, 0.3) is 0 Å². The Bertz CT molecular complexity index is 750. The van der Waals surface area contributed by atoms with Crippen molar-refractivity contribution in [1.82, 2.24) is 9.97 Å². The second-order valence-electron chi connectivity index (χ2n) is 4.22. The first-order valence-corrected chi connectivity index (χ1v) is 6.60. The molecular formula is C13H13N5S. The number of nitrogens with one attached hydrogen (secondary N) is 1. The first-order valence-electron chi connectivity index (χ1n) is 5.78. The smallest absolute Gasteiger partial charge is 0.222 e. The van der Waals surface area contributed by atoms with E-state index in [4.69, 9.17) is 11.6 Å². The van der Waals surface area contributed by atoms with Gasteiger partial charge in [0.1, 0.15) is 0 Å². The molecule has 2 heterocycles. The van der Waals surface area contributed by atoms with E-state index in [1.54, 1.807) is 11.3 Å². The minimum Gasteiger partial charge on any atom is -0.368 e. The van der Waals surface area contributed by atoms with E-state index in [1.807, 2.05) is 18.2 Å². The maximum atomic E-state index is 5.64. The summed E-state index contributed by atoms with van der Waals surface area (Å²) in [6.45, 7) is 2.09. The number of aryl methyl sites for hydroxylation is 1. The van der Waals surface area contributed by atoms with Gasteiger partial charge in [-0.25, -0.2) is 10.8 Å². The van der Waals surface area contributed by atoms with Crippen LogP contribution in [0.15, 0.2) is 30.3 Å². The summed E-state index contributed by atoms with van der Waals surface area (Å²) in [6, 6.07) is 10.2. The second kappa shape index (κ2) is 4.49. The van der Waals surface area contributed by atoms with Crippen molar-refractivity contribution in [2.75, 3.05) is 11.2 Å². The first kappa shape index (κ1) is 11.9. The maximum absolute atomic E-state index is 5.64. The van der Waals surface area contributed by atoms with Crippen LogP contribution >= 0.6 is 11.3 Å². The highest BCUT2D eigenvalue weighted by Gasteiger charge is 2.08. The van der Waals surface area contributed by atoms with Gasteiger partial charge in [-0.3, -0.25) is 0 Å². The number of thiophene rings is 1. The van der Waals surface area contributed by atoms with Crippen LogP contribution in [0.2, 0.25) is 0 Å². The molecule has 2 aromatic heterocycles. The zero-order valence-electron chi connectivity index (χ0n) is 10.3. The van der Waals surface area contributed by atoms with Gasteiger partial charge >= 0.3 is 0 Å². The summed E-state index contributed by atoms with van der Waals surface area (Å²) in [4.78, 5) is 10.8. The largest absolute Gasteiger partial charge is 0.368 e. The molecule has 1 aromatic carbocycles. The number of fused-ring (bicyclic) bond motifs is 1. The second-order valence-corrected chi connectivity index (χ2v) is 5.50. The Morgan fingerprint density at radius 1 is 1.16 bits per heavy atom. The maximum Gasteiger partial charge on any atom is 0.222 e. The van der Waals surface area contributed by atoms with E-state index in [1.165, 1.54) is 9.75 Å². The lowest BCUT2D eigenvalue weighted by Gasteiger charge is -2.07. The average molecular weight is 271 g/mol. The summed E-state index contributed by atoms with van der Waals surface area (Å²) in [5.74, 6) is 6.23. The Kier molecular flexibility index (Phi) is 2.81. The molecule has 3 aromatic rings. The van der Waals surface area contributed by atoms with Crippen LogP contribution in [-0.2, 0) is 0 Å². The molecule has 6 heteroatoms. The predicted octanol–water partition coefficient (Wildman–Crippen LogP) is 2.53. The molecule has 0 aliphatic rings. The van der Waals surface area contributed by atoms with Crippen molar-refractivity contribution >= 4 is 34.0 Å². The third-order valence-corrected chi connectivity index (χ3v) is 3.92. The van der Waals surface area contributed by atoms with E-state index in [-0.39, 0.29) is 5.95 Å². The molecule has 5 N–H and O–H groups in total. The molecule has 3 rings (SSSR count). The molecule has 0 radical (unpaired) electrons. The van der Waals surface area contributed by atoms with Gasteiger partial charge in [-0.1, -0.05) is 6.07 Å². The first-order chi connectivity index (χ1) is 9.17. The number of anilines is 2. The van der Waals surface area contributed by atoms with Gasteiger partial charge in [0, 0.05) is 15.1 Å². The molecule has 96 valence electrons. The van der Waals surface area contributed by atoms with E-state index in [0.717, 1.165) is 16.5 Å². The summed E-state index contributed by atoms with van der Waals surface area (Å²) in [5, 5.41) is 0.861. The number of hydrogen-bond donors (Lipinski definition) is 3. The SMILES string of the molecule is Cc1ccc(-c2ccc3nc(N)nc(NN)c3c2)s1. The Morgan fingerprint density at radius 3 is 2.68 bits per heavy atom. The third-order valence-electron chi connectivity index (χ3n) is 2.87. The fourth-order valence-corrected chi connectivity index (χ4v) is 2.86. The molecule has 0 spiro atoms. The highest BCUT2D eigenvalue weighted by atomic mass is 32.1. The number of nitrogens with zero attached hydrogens (tertiary/aromatic N) is 2. The predicted molar refractivity (Wildman–Crippen MR) is 79.8 cm³/mol. The Hall–Kier alpha value is -2.18. The lowest BCUT2D eigenvalue weighted by molar-refractivity contribution is 1.19. The molecular weight excluding hydrogens is 258 g/mol. The van der Waals surface area contributed by atoms with Crippen LogP contribution in [0.3, 0.4) is 0 Å². The minimum atomic E-state index is 0.208. The van der Waals surface area contributed by atoms with Crippen molar-refractivity contribution in [3.05, 3.63) is 35.2 Å². The monoisotopic (exact) mass is 271 g/mol. The zero-order chi connectivity index (χ0) is 13.4. The van der Waals surface area contributed by atoms with Gasteiger partial charge in [-0.15, -0.1) is 11.3 Å². The minimum absolute atomic E-state index is 0.208. The molecule has 0 unspecified atom stereocenters. The lowest BCUT2D eigenvalue weighted by atomic mass is 10.1. The van der Waals surface area contributed by atoms with Gasteiger partial charge in [-0.05, 0) is 36.8 Å². The van der Waals surface area contributed by atoms with Gasteiger partial charge in [0.2, 0.25) is 5.95 Å². The van der Waals surface area contributed by atoms with E-state index in [9.17, 15) is 0 Å². The van der Waals surface area contributed by atoms with Crippen LogP contribution in [-0.4, -0.2) is 9.97 Å². The summed E-state index contributed by atoms with van der Waals surface area (Å²) >= 11 is 1.75.